The quantitative estimate of drug-likeness (QED) is 0.786. The first-order valence-electron chi connectivity index (χ1n) is 8.38. The molecule has 1 aromatic carbocycles. The van der Waals surface area contributed by atoms with Gasteiger partial charge < -0.3 is 4.90 Å². The number of carbonyl (C=O) groups excluding carboxylic acids is 1. The summed E-state index contributed by atoms with van der Waals surface area (Å²) in [5, 5.41) is 0. The predicted molar refractivity (Wildman–Crippen MR) is 89.2 cm³/mol. The van der Waals surface area contributed by atoms with Crippen molar-refractivity contribution in [1.82, 2.24) is 9.21 Å². The van der Waals surface area contributed by atoms with Crippen molar-refractivity contribution in [3.63, 3.8) is 0 Å². The summed E-state index contributed by atoms with van der Waals surface area (Å²) in [6.45, 7) is 2.42. The third-order valence-electron chi connectivity index (χ3n) is 4.78. The number of nitrogens with zero attached hydrogens (tertiary/aromatic N) is 2. The lowest BCUT2D eigenvalue weighted by molar-refractivity contribution is -0.129. The van der Waals surface area contributed by atoms with Crippen LogP contribution in [0.2, 0.25) is 0 Å². The van der Waals surface area contributed by atoms with Crippen LogP contribution in [0.3, 0.4) is 0 Å². The van der Waals surface area contributed by atoms with E-state index >= 15 is 0 Å². The van der Waals surface area contributed by atoms with E-state index in [9.17, 15) is 17.6 Å². The molecule has 1 aromatic rings. The third kappa shape index (κ3) is 3.78. The van der Waals surface area contributed by atoms with Crippen molar-refractivity contribution >= 4 is 15.9 Å². The summed E-state index contributed by atoms with van der Waals surface area (Å²) < 4.78 is 40.8. The number of carbonyl (C=O) groups is 1. The first-order valence-corrected chi connectivity index (χ1v) is 9.99. The maximum absolute atomic E-state index is 13.8. The van der Waals surface area contributed by atoms with E-state index in [1.807, 2.05) is 0 Å². The van der Waals surface area contributed by atoms with Crippen LogP contribution in [0.15, 0.2) is 24.3 Å². The van der Waals surface area contributed by atoms with E-state index in [4.69, 9.17) is 0 Å². The van der Waals surface area contributed by atoms with Crippen molar-refractivity contribution in [2.75, 3.05) is 13.1 Å². The summed E-state index contributed by atoms with van der Waals surface area (Å²) in [6, 6.07) is 6.02. The SMILES string of the molecule is CC(=O)N(C[C@H]1CCCN1S(=O)(=O)Cc1ccccc1F)C1CC1. The van der Waals surface area contributed by atoms with E-state index in [0.29, 0.717) is 13.1 Å². The van der Waals surface area contributed by atoms with Gasteiger partial charge in [-0.25, -0.2) is 12.8 Å². The van der Waals surface area contributed by atoms with E-state index in [2.05, 4.69) is 0 Å². The molecular weight excluding hydrogens is 331 g/mol. The van der Waals surface area contributed by atoms with Crippen LogP contribution in [-0.4, -0.2) is 48.7 Å². The predicted octanol–water partition coefficient (Wildman–Crippen LogP) is 2.13. The van der Waals surface area contributed by atoms with Crippen molar-refractivity contribution in [1.29, 1.82) is 0 Å². The van der Waals surface area contributed by atoms with Crippen molar-refractivity contribution in [3.05, 3.63) is 35.6 Å². The van der Waals surface area contributed by atoms with Crippen molar-refractivity contribution in [2.24, 2.45) is 0 Å². The van der Waals surface area contributed by atoms with Gasteiger partial charge in [0.05, 0.1) is 5.75 Å². The van der Waals surface area contributed by atoms with Crippen LogP contribution >= 0.6 is 0 Å². The Morgan fingerprint density at radius 3 is 2.62 bits per heavy atom. The molecule has 0 aromatic heterocycles. The van der Waals surface area contributed by atoms with Crippen LogP contribution in [0.1, 0.15) is 38.2 Å². The molecule has 1 saturated heterocycles. The maximum Gasteiger partial charge on any atom is 0.219 e. The molecule has 1 heterocycles. The molecule has 24 heavy (non-hydrogen) atoms. The molecule has 1 aliphatic carbocycles. The number of hydrogen-bond acceptors (Lipinski definition) is 3. The van der Waals surface area contributed by atoms with Gasteiger partial charge >= 0.3 is 0 Å². The molecule has 132 valence electrons. The average Bonchev–Trinajstić information content (AvgIpc) is 3.24. The number of benzene rings is 1. The second kappa shape index (κ2) is 6.80. The van der Waals surface area contributed by atoms with E-state index in [1.165, 1.54) is 23.4 Å². The number of rotatable bonds is 6. The fourth-order valence-corrected chi connectivity index (χ4v) is 5.23. The Bertz CT molecular complexity index is 718. The first kappa shape index (κ1) is 17.4. The standard InChI is InChI=1S/C17H23FN2O3S/c1-13(21)19(15-8-9-15)11-16-6-4-10-20(16)24(22,23)12-14-5-2-3-7-17(14)18/h2-3,5,7,15-16H,4,6,8-12H2,1H3/t16-/m1/s1. The van der Waals surface area contributed by atoms with Gasteiger partial charge in [-0.2, -0.15) is 4.31 Å². The van der Waals surface area contributed by atoms with E-state index < -0.39 is 15.8 Å². The van der Waals surface area contributed by atoms with Gasteiger partial charge in [0, 0.05) is 37.7 Å². The normalized spacial score (nSPS) is 21.8. The minimum Gasteiger partial charge on any atom is -0.338 e. The second-order valence-corrected chi connectivity index (χ2v) is 8.58. The highest BCUT2D eigenvalue weighted by Crippen LogP contribution is 2.30. The minimum atomic E-state index is -3.61. The smallest absolute Gasteiger partial charge is 0.219 e. The molecular formula is C17H23FN2O3S. The first-order chi connectivity index (χ1) is 11.4. The summed E-state index contributed by atoms with van der Waals surface area (Å²) >= 11 is 0. The zero-order valence-electron chi connectivity index (χ0n) is 13.8. The van der Waals surface area contributed by atoms with Crippen LogP contribution in [0, 0.1) is 5.82 Å². The van der Waals surface area contributed by atoms with Crippen LogP contribution < -0.4 is 0 Å². The average molecular weight is 354 g/mol. The Morgan fingerprint density at radius 2 is 2.00 bits per heavy atom. The van der Waals surface area contributed by atoms with Gasteiger partial charge in [0.25, 0.3) is 0 Å². The summed E-state index contributed by atoms with van der Waals surface area (Å²) in [7, 11) is -3.61. The molecule has 0 radical (unpaired) electrons. The van der Waals surface area contributed by atoms with Crippen molar-refractivity contribution in [2.45, 2.75) is 50.4 Å². The summed E-state index contributed by atoms with van der Waals surface area (Å²) in [5.74, 6) is -0.837. The zero-order valence-corrected chi connectivity index (χ0v) is 14.6. The van der Waals surface area contributed by atoms with E-state index in [1.54, 1.807) is 17.0 Å². The maximum atomic E-state index is 13.8. The monoisotopic (exact) mass is 354 g/mol. The molecule has 1 aliphatic heterocycles. The highest BCUT2D eigenvalue weighted by Gasteiger charge is 2.39. The lowest BCUT2D eigenvalue weighted by Gasteiger charge is -2.30. The van der Waals surface area contributed by atoms with Crippen LogP contribution in [0.4, 0.5) is 4.39 Å². The van der Waals surface area contributed by atoms with Crippen molar-refractivity contribution in [3.8, 4) is 0 Å². The van der Waals surface area contributed by atoms with Crippen molar-refractivity contribution < 1.29 is 17.6 Å². The van der Waals surface area contributed by atoms with Gasteiger partial charge in [0.2, 0.25) is 15.9 Å². The molecule has 0 bridgehead atoms. The van der Waals surface area contributed by atoms with E-state index in [0.717, 1.165) is 25.7 Å². The second-order valence-electron chi connectivity index (χ2n) is 6.66. The number of sulfonamides is 1. The van der Waals surface area contributed by atoms with Gasteiger partial charge in [0.15, 0.2) is 0 Å². The fraction of sp³-hybridized carbons (Fsp3) is 0.588. The molecule has 2 fully saturated rings. The van der Waals surface area contributed by atoms with Gasteiger partial charge in [-0.15, -0.1) is 0 Å². The highest BCUT2D eigenvalue weighted by molar-refractivity contribution is 7.88. The molecule has 2 aliphatic rings. The summed E-state index contributed by atoms with van der Waals surface area (Å²) in [5.41, 5.74) is 0.189. The Hall–Kier alpha value is -1.47. The Labute approximate surface area is 142 Å². The number of amides is 1. The molecule has 7 heteroatoms. The summed E-state index contributed by atoms with van der Waals surface area (Å²) in [4.78, 5) is 13.6. The Kier molecular flexibility index (Phi) is 4.92. The van der Waals surface area contributed by atoms with Gasteiger partial charge in [-0.3, -0.25) is 4.79 Å². The molecule has 1 saturated carbocycles. The fourth-order valence-electron chi connectivity index (χ4n) is 3.40. The lowest BCUT2D eigenvalue weighted by atomic mass is 10.2. The van der Waals surface area contributed by atoms with Gasteiger partial charge in [-0.1, -0.05) is 18.2 Å². The summed E-state index contributed by atoms with van der Waals surface area (Å²) in [6.07, 6.45) is 3.51. The molecule has 0 spiro atoms. The lowest BCUT2D eigenvalue weighted by Crippen LogP contribution is -2.45. The van der Waals surface area contributed by atoms with E-state index in [-0.39, 0.29) is 29.3 Å². The third-order valence-corrected chi connectivity index (χ3v) is 6.65. The molecule has 0 unspecified atom stereocenters. The molecule has 3 rings (SSSR count). The highest BCUT2D eigenvalue weighted by atomic mass is 32.2. The molecule has 5 nitrogen and oxygen atoms in total. The number of hydrogen-bond donors (Lipinski definition) is 0. The largest absolute Gasteiger partial charge is 0.338 e. The Morgan fingerprint density at radius 1 is 1.29 bits per heavy atom. The zero-order chi connectivity index (χ0) is 17.3. The molecule has 1 amide bonds. The van der Waals surface area contributed by atoms with Crippen LogP contribution in [0.5, 0.6) is 0 Å². The number of halogens is 1. The van der Waals surface area contributed by atoms with Crippen LogP contribution in [-0.2, 0) is 20.6 Å². The van der Waals surface area contributed by atoms with Gasteiger partial charge in [0.1, 0.15) is 5.82 Å². The topological polar surface area (TPSA) is 57.7 Å². The van der Waals surface area contributed by atoms with Gasteiger partial charge in [-0.05, 0) is 31.7 Å². The molecule has 1 atom stereocenters. The minimum absolute atomic E-state index is 0.00384. The molecule has 0 N–H and O–H groups in total. The van der Waals surface area contributed by atoms with Crippen LogP contribution in [0.25, 0.3) is 0 Å². The Balaban J connectivity index is 1.74.